The van der Waals surface area contributed by atoms with Crippen LogP contribution < -0.4 is 5.73 Å². The van der Waals surface area contributed by atoms with Crippen LogP contribution in [0.2, 0.25) is 0 Å². The van der Waals surface area contributed by atoms with E-state index in [4.69, 9.17) is 5.73 Å². The highest BCUT2D eigenvalue weighted by Crippen LogP contribution is 2.12. The summed E-state index contributed by atoms with van der Waals surface area (Å²) in [7, 11) is 0. The summed E-state index contributed by atoms with van der Waals surface area (Å²) in [5.74, 6) is 2.29. The minimum Gasteiger partial charge on any atom is -0.327 e. The number of aromatic nitrogens is 3. The van der Waals surface area contributed by atoms with E-state index in [-0.39, 0.29) is 6.04 Å². The van der Waals surface area contributed by atoms with E-state index in [9.17, 15) is 0 Å². The summed E-state index contributed by atoms with van der Waals surface area (Å²) in [5.41, 5.74) is 6.16. The molecule has 1 aromatic heterocycles. The Morgan fingerprint density at radius 2 is 2.06 bits per heavy atom. The number of rotatable bonds is 7. The molecule has 2 N–H and O–H groups in total. The van der Waals surface area contributed by atoms with Crippen LogP contribution in [0, 0.1) is 11.8 Å². The second kappa shape index (κ2) is 6.74. The van der Waals surface area contributed by atoms with Gasteiger partial charge >= 0.3 is 0 Å². The van der Waals surface area contributed by atoms with E-state index >= 15 is 0 Å². The lowest BCUT2D eigenvalue weighted by atomic mass is 9.98. The Labute approximate surface area is 105 Å². The van der Waals surface area contributed by atoms with Gasteiger partial charge in [-0.3, -0.25) is 0 Å². The molecule has 0 aliphatic rings. The summed E-state index contributed by atoms with van der Waals surface area (Å²) in [6, 6.07) is 0.195. The summed E-state index contributed by atoms with van der Waals surface area (Å²) in [6.07, 6.45) is 4.71. The third-order valence-corrected chi connectivity index (χ3v) is 3.08. The van der Waals surface area contributed by atoms with E-state index in [0.717, 1.165) is 25.2 Å². The zero-order valence-corrected chi connectivity index (χ0v) is 11.6. The maximum atomic E-state index is 6.16. The molecule has 0 aromatic carbocycles. The van der Waals surface area contributed by atoms with Crippen molar-refractivity contribution in [1.82, 2.24) is 14.8 Å². The van der Waals surface area contributed by atoms with Gasteiger partial charge in [0.1, 0.15) is 12.2 Å². The molecule has 0 aliphatic carbocycles. The number of nitrogens with zero attached hydrogens (tertiary/aromatic N) is 3. The minimum absolute atomic E-state index is 0.195. The standard InChI is InChI=1S/C13H26N4/c1-5-11(4)6-12(14)7-13-15-9-16-17(13)8-10(2)3/h9-12H,5-8,14H2,1-4H3. The Bertz CT molecular complexity index is 319. The van der Waals surface area contributed by atoms with Crippen LogP contribution in [-0.2, 0) is 13.0 Å². The normalized spacial score (nSPS) is 15.2. The van der Waals surface area contributed by atoms with Gasteiger partial charge in [-0.1, -0.05) is 34.1 Å². The highest BCUT2D eigenvalue weighted by atomic mass is 15.3. The second-order valence-electron chi connectivity index (χ2n) is 5.47. The lowest BCUT2D eigenvalue weighted by molar-refractivity contribution is 0.422. The molecule has 1 aromatic rings. The Balaban J connectivity index is 2.53. The molecule has 0 saturated heterocycles. The van der Waals surface area contributed by atoms with Gasteiger partial charge in [0.25, 0.3) is 0 Å². The predicted molar refractivity (Wildman–Crippen MR) is 70.6 cm³/mol. The summed E-state index contributed by atoms with van der Waals surface area (Å²) in [5, 5.41) is 4.26. The van der Waals surface area contributed by atoms with E-state index in [1.807, 2.05) is 4.68 Å². The molecular weight excluding hydrogens is 212 g/mol. The smallest absolute Gasteiger partial charge is 0.138 e. The van der Waals surface area contributed by atoms with Crippen LogP contribution in [0.5, 0.6) is 0 Å². The van der Waals surface area contributed by atoms with E-state index in [1.165, 1.54) is 6.42 Å². The summed E-state index contributed by atoms with van der Waals surface area (Å²) in [4.78, 5) is 4.31. The SMILES string of the molecule is CCC(C)CC(N)Cc1ncnn1CC(C)C. The molecule has 0 amide bonds. The van der Waals surface area contributed by atoms with Crippen LogP contribution in [0.25, 0.3) is 0 Å². The van der Waals surface area contributed by atoms with Crippen molar-refractivity contribution in [2.24, 2.45) is 17.6 Å². The van der Waals surface area contributed by atoms with Crippen molar-refractivity contribution in [3.05, 3.63) is 12.2 Å². The van der Waals surface area contributed by atoms with Crippen molar-refractivity contribution in [2.45, 2.75) is 59.5 Å². The zero-order valence-electron chi connectivity index (χ0n) is 11.6. The van der Waals surface area contributed by atoms with Crippen molar-refractivity contribution >= 4 is 0 Å². The molecule has 1 heterocycles. The van der Waals surface area contributed by atoms with Gasteiger partial charge in [0.2, 0.25) is 0 Å². The zero-order chi connectivity index (χ0) is 12.8. The first-order valence-corrected chi connectivity index (χ1v) is 6.65. The van der Waals surface area contributed by atoms with Crippen molar-refractivity contribution in [1.29, 1.82) is 0 Å². The van der Waals surface area contributed by atoms with Crippen LogP contribution in [0.3, 0.4) is 0 Å². The maximum Gasteiger partial charge on any atom is 0.138 e. The highest BCUT2D eigenvalue weighted by Gasteiger charge is 2.13. The van der Waals surface area contributed by atoms with E-state index in [2.05, 4.69) is 37.8 Å². The molecule has 0 saturated carbocycles. The molecule has 0 bridgehead atoms. The van der Waals surface area contributed by atoms with E-state index in [1.54, 1.807) is 6.33 Å². The van der Waals surface area contributed by atoms with Gasteiger partial charge in [-0.05, 0) is 18.3 Å². The Hall–Kier alpha value is -0.900. The van der Waals surface area contributed by atoms with Gasteiger partial charge in [-0.15, -0.1) is 0 Å². The van der Waals surface area contributed by atoms with Gasteiger partial charge in [0, 0.05) is 19.0 Å². The number of nitrogens with two attached hydrogens (primary N) is 1. The van der Waals surface area contributed by atoms with Crippen LogP contribution in [-0.4, -0.2) is 20.8 Å². The maximum absolute atomic E-state index is 6.16. The highest BCUT2D eigenvalue weighted by molar-refractivity contribution is 4.89. The largest absolute Gasteiger partial charge is 0.327 e. The first-order valence-electron chi connectivity index (χ1n) is 6.65. The van der Waals surface area contributed by atoms with Crippen LogP contribution in [0.1, 0.15) is 46.4 Å². The molecule has 98 valence electrons. The second-order valence-corrected chi connectivity index (χ2v) is 5.47. The fourth-order valence-electron chi connectivity index (χ4n) is 1.95. The third-order valence-electron chi connectivity index (χ3n) is 3.08. The Kier molecular flexibility index (Phi) is 5.62. The quantitative estimate of drug-likeness (QED) is 0.792. The summed E-state index contributed by atoms with van der Waals surface area (Å²) in [6.45, 7) is 9.75. The molecule has 0 aliphatic heterocycles. The van der Waals surface area contributed by atoms with Crippen molar-refractivity contribution < 1.29 is 0 Å². The molecule has 0 fully saturated rings. The average Bonchev–Trinajstić information content (AvgIpc) is 2.64. The number of hydrogen-bond donors (Lipinski definition) is 1. The molecule has 4 nitrogen and oxygen atoms in total. The van der Waals surface area contributed by atoms with Crippen molar-refractivity contribution in [3.8, 4) is 0 Å². The monoisotopic (exact) mass is 238 g/mol. The summed E-state index contributed by atoms with van der Waals surface area (Å²) < 4.78 is 1.99. The topological polar surface area (TPSA) is 56.7 Å². The fourth-order valence-corrected chi connectivity index (χ4v) is 1.95. The molecule has 0 spiro atoms. The first kappa shape index (κ1) is 14.2. The fraction of sp³-hybridized carbons (Fsp3) is 0.846. The Morgan fingerprint density at radius 1 is 1.35 bits per heavy atom. The molecule has 0 radical (unpaired) electrons. The summed E-state index contributed by atoms with van der Waals surface area (Å²) >= 11 is 0. The van der Waals surface area contributed by atoms with Crippen LogP contribution in [0.15, 0.2) is 6.33 Å². The van der Waals surface area contributed by atoms with Crippen LogP contribution in [0.4, 0.5) is 0 Å². The van der Waals surface area contributed by atoms with Crippen molar-refractivity contribution in [3.63, 3.8) is 0 Å². The lowest BCUT2D eigenvalue weighted by Gasteiger charge is -2.16. The average molecular weight is 238 g/mol. The minimum atomic E-state index is 0.195. The molecule has 2 atom stereocenters. The first-order chi connectivity index (χ1) is 8.02. The van der Waals surface area contributed by atoms with E-state index < -0.39 is 0 Å². The predicted octanol–water partition coefficient (Wildman–Crippen LogP) is 2.24. The van der Waals surface area contributed by atoms with Gasteiger partial charge in [0.05, 0.1) is 0 Å². The number of hydrogen-bond acceptors (Lipinski definition) is 3. The van der Waals surface area contributed by atoms with E-state index in [0.29, 0.717) is 11.8 Å². The Morgan fingerprint density at radius 3 is 2.65 bits per heavy atom. The van der Waals surface area contributed by atoms with Gasteiger partial charge in [-0.25, -0.2) is 9.67 Å². The molecule has 1 rings (SSSR count). The van der Waals surface area contributed by atoms with Gasteiger partial charge in [0.15, 0.2) is 0 Å². The third kappa shape index (κ3) is 4.86. The molecular formula is C13H26N4. The lowest BCUT2D eigenvalue weighted by Crippen LogP contribution is -2.27. The van der Waals surface area contributed by atoms with Crippen LogP contribution >= 0.6 is 0 Å². The molecule has 2 unspecified atom stereocenters. The van der Waals surface area contributed by atoms with Crippen molar-refractivity contribution in [2.75, 3.05) is 0 Å². The van der Waals surface area contributed by atoms with Gasteiger partial charge in [-0.2, -0.15) is 5.10 Å². The molecule has 17 heavy (non-hydrogen) atoms. The van der Waals surface area contributed by atoms with Gasteiger partial charge < -0.3 is 5.73 Å². The molecule has 4 heteroatoms.